The minimum atomic E-state index is -0.639. The van der Waals surface area contributed by atoms with Gasteiger partial charge >= 0.3 is 0 Å². The normalized spacial score (nSPS) is 43.8. The zero-order valence-electron chi connectivity index (χ0n) is 9.20. The van der Waals surface area contributed by atoms with Crippen molar-refractivity contribution in [2.45, 2.75) is 24.7 Å². The molecule has 1 aliphatic carbocycles. The van der Waals surface area contributed by atoms with Gasteiger partial charge in [-0.05, 0) is 0 Å². The van der Waals surface area contributed by atoms with Crippen molar-refractivity contribution in [2.24, 2.45) is 40.3 Å². The molecule has 0 aromatic rings. The van der Waals surface area contributed by atoms with Crippen molar-refractivity contribution in [3.05, 3.63) is 22.8 Å². The lowest BCUT2D eigenvalue weighted by Gasteiger charge is -2.29. The van der Waals surface area contributed by atoms with E-state index in [9.17, 15) is 0 Å². The van der Waals surface area contributed by atoms with Crippen molar-refractivity contribution in [1.29, 1.82) is 0 Å². The smallest absolute Gasteiger partial charge is 0.0929 e. The van der Waals surface area contributed by atoms with Crippen molar-refractivity contribution < 1.29 is 0 Å². The van der Waals surface area contributed by atoms with E-state index in [1.54, 1.807) is 0 Å². The van der Waals surface area contributed by atoms with Crippen LogP contribution in [0.5, 0.6) is 0 Å². The third kappa shape index (κ3) is 1.19. The lowest BCUT2D eigenvalue weighted by Crippen LogP contribution is -2.51. The molecule has 0 saturated carbocycles. The van der Waals surface area contributed by atoms with Gasteiger partial charge in [0.15, 0.2) is 0 Å². The molecule has 16 heavy (non-hydrogen) atoms. The molecule has 0 bridgehead atoms. The summed E-state index contributed by atoms with van der Waals surface area (Å²) in [7, 11) is 0. The van der Waals surface area contributed by atoms with E-state index in [1.165, 1.54) is 0 Å². The Morgan fingerprint density at radius 1 is 1.06 bits per heavy atom. The van der Waals surface area contributed by atoms with Crippen LogP contribution in [-0.2, 0) is 0 Å². The van der Waals surface area contributed by atoms with Crippen LogP contribution in [0, 0.1) is 5.92 Å². The fourth-order valence-electron chi connectivity index (χ4n) is 2.15. The van der Waals surface area contributed by atoms with Gasteiger partial charge < -0.3 is 34.4 Å². The topological polar surface area (TPSA) is 178 Å². The fraction of sp³-hybridized carbons (Fsp3) is 0.556. The Balaban J connectivity index is 2.53. The summed E-state index contributed by atoms with van der Waals surface area (Å²) in [6.45, 7) is 1.91. The minimum Gasteiger partial charge on any atom is -0.399 e. The highest BCUT2D eigenvalue weighted by Crippen LogP contribution is 2.37. The van der Waals surface area contributed by atoms with E-state index < -0.39 is 11.7 Å². The number of hydrogen-bond acceptors (Lipinski definition) is 7. The first-order valence-corrected chi connectivity index (χ1v) is 5.13. The maximum absolute atomic E-state index is 6.14. The van der Waals surface area contributed by atoms with Gasteiger partial charge in [0.2, 0.25) is 0 Å². The van der Waals surface area contributed by atoms with Crippen LogP contribution in [0.25, 0.3) is 0 Å². The van der Waals surface area contributed by atoms with Gasteiger partial charge in [0.25, 0.3) is 0 Å². The monoisotopic (exact) mass is 225 g/mol. The third-order valence-electron chi connectivity index (χ3n) is 3.66. The molecular formula is C9H19N7. The third-order valence-corrected chi connectivity index (χ3v) is 3.66. The summed E-state index contributed by atoms with van der Waals surface area (Å²) >= 11 is 0. The van der Waals surface area contributed by atoms with Gasteiger partial charge in [-0.3, -0.25) is 5.32 Å². The van der Waals surface area contributed by atoms with Crippen molar-refractivity contribution in [2.75, 3.05) is 0 Å². The van der Waals surface area contributed by atoms with Gasteiger partial charge in [0.1, 0.15) is 0 Å². The Morgan fingerprint density at radius 3 is 2.12 bits per heavy atom. The largest absolute Gasteiger partial charge is 0.399 e. The molecule has 0 spiro atoms. The van der Waals surface area contributed by atoms with Gasteiger partial charge in [-0.15, -0.1) is 0 Å². The summed E-state index contributed by atoms with van der Waals surface area (Å²) < 4.78 is 0. The average molecular weight is 225 g/mol. The number of fused-ring (bicyclic) bond motifs is 1. The standard InChI is InChI=1S/C9H19N7/c1-2-3(10)4(11)5(12)6(13)7(14)8-9(2,15)16-8/h2-3,8,16H,10-15H2,1H3. The van der Waals surface area contributed by atoms with Crippen LogP contribution in [0.15, 0.2) is 22.8 Å². The number of rotatable bonds is 0. The van der Waals surface area contributed by atoms with Crippen molar-refractivity contribution in [1.82, 2.24) is 5.32 Å². The fourth-order valence-corrected chi connectivity index (χ4v) is 2.15. The van der Waals surface area contributed by atoms with Crippen molar-refractivity contribution >= 4 is 0 Å². The Bertz CT molecular complexity index is 383. The van der Waals surface area contributed by atoms with Crippen LogP contribution in [0.4, 0.5) is 0 Å². The molecule has 0 amide bonds. The molecule has 1 heterocycles. The number of nitrogens with one attached hydrogen (secondary N) is 1. The lowest BCUT2D eigenvalue weighted by atomic mass is 9.86. The Kier molecular flexibility index (Phi) is 2.10. The van der Waals surface area contributed by atoms with Crippen LogP contribution in [-0.4, -0.2) is 17.7 Å². The van der Waals surface area contributed by atoms with Crippen molar-refractivity contribution in [3.63, 3.8) is 0 Å². The van der Waals surface area contributed by atoms with E-state index >= 15 is 0 Å². The maximum Gasteiger partial charge on any atom is 0.0929 e. The second-order valence-corrected chi connectivity index (χ2v) is 4.56. The molecular weight excluding hydrogens is 206 g/mol. The Labute approximate surface area is 93.9 Å². The molecule has 13 N–H and O–H groups in total. The zero-order valence-corrected chi connectivity index (χ0v) is 9.20. The quantitative estimate of drug-likeness (QED) is 0.213. The van der Waals surface area contributed by atoms with Gasteiger partial charge in [-0.1, -0.05) is 6.92 Å². The van der Waals surface area contributed by atoms with E-state index in [1.807, 2.05) is 6.92 Å². The van der Waals surface area contributed by atoms with Gasteiger partial charge in [-0.25, -0.2) is 0 Å². The second-order valence-electron chi connectivity index (χ2n) is 4.56. The van der Waals surface area contributed by atoms with Crippen LogP contribution in [0.1, 0.15) is 6.92 Å². The summed E-state index contributed by atoms with van der Waals surface area (Å²) in [4.78, 5) is 0. The summed E-state index contributed by atoms with van der Waals surface area (Å²) in [6, 6.07) is -0.616. The first-order chi connectivity index (χ1) is 7.30. The molecule has 0 radical (unpaired) electrons. The zero-order chi connectivity index (χ0) is 12.2. The van der Waals surface area contributed by atoms with Gasteiger partial charge in [-0.2, -0.15) is 0 Å². The lowest BCUT2D eigenvalue weighted by molar-refractivity contribution is 0.371. The van der Waals surface area contributed by atoms with E-state index in [0.717, 1.165) is 0 Å². The predicted molar refractivity (Wildman–Crippen MR) is 61.8 cm³/mol. The molecule has 1 saturated heterocycles. The molecule has 0 aromatic carbocycles. The Morgan fingerprint density at radius 2 is 1.56 bits per heavy atom. The van der Waals surface area contributed by atoms with Crippen LogP contribution in [0.2, 0.25) is 0 Å². The molecule has 1 fully saturated rings. The summed E-state index contributed by atoms with van der Waals surface area (Å²) in [5, 5.41) is 3.09. The molecule has 1 aliphatic heterocycles. The van der Waals surface area contributed by atoms with Crippen LogP contribution in [0.3, 0.4) is 0 Å². The van der Waals surface area contributed by atoms with Gasteiger partial charge in [0.05, 0.1) is 40.5 Å². The first-order valence-electron chi connectivity index (χ1n) is 5.13. The Hall–Kier alpha value is -1.44. The van der Waals surface area contributed by atoms with E-state index in [2.05, 4.69) is 5.32 Å². The van der Waals surface area contributed by atoms with Crippen molar-refractivity contribution in [3.8, 4) is 0 Å². The van der Waals surface area contributed by atoms with Gasteiger partial charge in [0, 0.05) is 5.92 Å². The number of hydrogen-bond donors (Lipinski definition) is 7. The molecule has 0 aromatic heterocycles. The van der Waals surface area contributed by atoms with E-state index in [4.69, 9.17) is 34.4 Å². The van der Waals surface area contributed by atoms with Crippen LogP contribution >= 0.6 is 0 Å². The van der Waals surface area contributed by atoms with E-state index in [-0.39, 0.29) is 23.4 Å². The summed E-state index contributed by atoms with van der Waals surface area (Å²) in [6.07, 6.45) is 0. The number of nitrogens with two attached hydrogens (primary N) is 6. The average Bonchev–Trinajstić information content (AvgIpc) is 2.96. The highest BCUT2D eigenvalue weighted by molar-refractivity contribution is 5.44. The molecule has 4 unspecified atom stereocenters. The predicted octanol–water partition coefficient (Wildman–Crippen LogP) is -3.15. The highest BCUT2D eigenvalue weighted by Gasteiger charge is 2.58. The maximum atomic E-state index is 6.14. The summed E-state index contributed by atoms with van der Waals surface area (Å²) in [5.41, 5.74) is 36.1. The molecule has 2 rings (SSSR count). The highest BCUT2D eigenvalue weighted by atomic mass is 15.3. The summed E-state index contributed by atoms with van der Waals surface area (Å²) in [5.74, 6) is -0.0808. The molecule has 7 heteroatoms. The second kappa shape index (κ2) is 3.03. The molecule has 4 atom stereocenters. The van der Waals surface area contributed by atoms with E-state index in [0.29, 0.717) is 11.4 Å². The molecule has 2 aliphatic rings. The first kappa shape index (κ1) is 11.1. The minimum absolute atomic E-state index is 0.0808. The van der Waals surface area contributed by atoms with Crippen LogP contribution < -0.4 is 39.7 Å². The molecule has 7 nitrogen and oxygen atoms in total. The molecule has 90 valence electrons. The SMILES string of the molecule is CC1C(N)C(N)=C(N)C(N)=C(N)C2NC21N.